The summed E-state index contributed by atoms with van der Waals surface area (Å²) >= 11 is 5.86. The van der Waals surface area contributed by atoms with E-state index in [1.54, 1.807) is 18.2 Å². The van der Waals surface area contributed by atoms with Crippen molar-refractivity contribution in [1.82, 2.24) is 4.72 Å². The predicted octanol–water partition coefficient (Wildman–Crippen LogP) is 2.51. The first kappa shape index (κ1) is 17.3. The number of methoxy groups -OCH3 is 1. The fourth-order valence-electron chi connectivity index (χ4n) is 1.89. The van der Waals surface area contributed by atoms with Gasteiger partial charge in [-0.3, -0.25) is 4.79 Å². The quantitative estimate of drug-likeness (QED) is 0.864. The van der Waals surface area contributed by atoms with Crippen LogP contribution in [0, 0.1) is 0 Å². The Hall–Kier alpha value is -2.09. The minimum Gasteiger partial charge on any atom is -0.495 e. The third-order valence-corrected chi connectivity index (χ3v) is 4.73. The molecule has 23 heavy (non-hydrogen) atoms. The third-order valence-electron chi connectivity index (χ3n) is 3.08. The second kappa shape index (κ2) is 6.99. The molecule has 122 valence electrons. The van der Waals surface area contributed by atoms with Gasteiger partial charge in [-0.25, -0.2) is 13.1 Å². The first-order valence-corrected chi connectivity index (χ1v) is 8.42. The van der Waals surface area contributed by atoms with Gasteiger partial charge in [-0.2, -0.15) is 0 Å². The molecule has 0 spiro atoms. The first-order valence-electron chi connectivity index (χ1n) is 6.56. The summed E-state index contributed by atoms with van der Waals surface area (Å²) in [5, 5.41) is 3.05. The maximum atomic E-state index is 12.3. The molecule has 0 aliphatic rings. The molecule has 6 nitrogen and oxygen atoms in total. The number of halogens is 1. The molecule has 8 heteroatoms. The van der Waals surface area contributed by atoms with Crippen molar-refractivity contribution in [2.45, 2.75) is 4.90 Å². The Bertz CT molecular complexity index is 837. The summed E-state index contributed by atoms with van der Waals surface area (Å²) in [6.07, 6.45) is 0. The third kappa shape index (κ3) is 4.01. The monoisotopic (exact) mass is 354 g/mol. The second-order valence-corrected chi connectivity index (χ2v) is 6.86. The van der Waals surface area contributed by atoms with Crippen molar-refractivity contribution in [3.05, 3.63) is 53.1 Å². The van der Waals surface area contributed by atoms with Gasteiger partial charge in [0.15, 0.2) is 0 Å². The molecule has 0 saturated heterocycles. The molecule has 0 aliphatic carbocycles. The van der Waals surface area contributed by atoms with Crippen LogP contribution < -0.4 is 14.8 Å². The van der Waals surface area contributed by atoms with Crippen molar-refractivity contribution in [2.24, 2.45) is 0 Å². The van der Waals surface area contributed by atoms with E-state index in [4.69, 9.17) is 16.3 Å². The number of carbonyl (C=O) groups is 1. The van der Waals surface area contributed by atoms with Crippen LogP contribution in [-0.4, -0.2) is 28.5 Å². The topological polar surface area (TPSA) is 84.5 Å². The van der Waals surface area contributed by atoms with E-state index in [-0.39, 0.29) is 10.6 Å². The number of hydrogen-bond donors (Lipinski definition) is 2. The van der Waals surface area contributed by atoms with Crippen molar-refractivity contribution in [3.8, 4) is 5.75 Å². The molecule has 0 heterocycles. The normalized spacial score (nSPS) is 11.1. The first-order chi connectivity index (χ1) is 10.9. The van der Waals surface area contributed by atoms with Gasteiger partial charge in [-0.1, -0.05) is 17.7 Å². The fraction of sp³-hybridized carbons (Fsp3) is 0.133. The van der Waals surface area contributed by atoms with E-state index in [0.29, 0.717) is 16.3 Å². The van der Waals surface area contributed by atoms with Gasteiger partial charge in [0, 0.05) is 10.6 Å². The van der Waals surface area contributed by atoms with Gasteiger partial charge in [0.05, 0.1) is 17.7 Å². The lowest BCUT2D eigenvalue weighted by Crippen LogP contribution is -2.19. The molecular weight excluding hydrogens is 340 g/mol. The van der Waals surface area contributed by atoms with Crippen molar-refractivity contribution < 1.29 is 17.9 Å². The van der Waals surface area contributed by atoms with E-state index in [2.05, 4.69) is 10.0 Å². The van der Waals surface area contributed by atoms with Crippen molar-refractivity contribution in [2.75, 3.05) is 19.5 Å². The van der Waals surface area contributed by atoms with E-state index < -0.39 is 15.9 Å². The lowest BCUT2D eigenvalue weighted by atomic mass is 10.2. The molecule has 0 radical (unpaired) electrons. The number of hydrogen-bond acceptors (Lipinski definition) is 4. The molecule has 2 rings (SSSR count). The van der Waals surface area contributed by atoms with Gasteiger partial charge in [0.2, 0.25) is 10.0 Å². The van der Waals surface area contributed by atoms with E-state index >= 15 is 0 Å². The average molecular weight is 355 g/mol. The highest BCUT2D eigenvalue weighted by Crippen LogP contribution is 2.28. The Morgan fingerprint density at radius 3 is 2.52 bits per heavy atom. The van der Waals surface area contributed by atoms with Gasteiger partial charge < -0.3 is 10.1 Å². The number of sulfonamides is 1. The average Bonchev–Trinajstić information content (AvgIpc) is 2.54. The number of anilines is 1. The molecular formula is C15H15ClN2O4S. The zero-order valence-corrected chi connectivity index (χ0v) is 14.0. The molecule has 1 amide bonds. The molecule has 0 bridgehead atoms. The molecule has 2 aromatic carbocycles. The lowest BCUT2D eigenvalue weighted by Gasteiger charge is -2.12. The molecule has 2 N–H and O–H groups in total. The lowest BCUT2D eigenvalue weighted by molar-refractivity contribution is 0.102. The molecule has 0 aliphatic heterocycles. The van der Waals surface area contributed by atoms with Crippen LogP contribution in [0.1, 0.15) is 10.4 Å². The maximum Gasteiger partial charge on any atom is 0.255 e. The van der Waals surface area contributed by atoms with Gasteiger partial charge in [-0.15, -0.1) is 0 Å². The van der Waals surface area contributed by atoms with Crippen LogP contribution in [0.3, 0.4) is 0 Å². The van der Waals surface area contributed by atoms with Crippen LogP contribution in [0.2, 0.25) is 5.02 Å². The number of rotatable bonds is 5. The Balaban J connectivity index is 2.38. The minimum absolute atomic E-state index is 0.0159. The Kier molecular flexibility index (Phi) is 5.25. The maximum absolute atomic E-state index is 12.3. The van der Waals surface area contributed by atoms with E-state index in [0.717, 1.165) is 0 Å². The minimum atomic E-state index is -3.63. The Labute approximate surface area is 139 Å². The van der Waals surface area contributed by atoms with E-state index in [1.165, 1.54) is 38.4 Å². The summed E-state index contributed by atoms with van der Waals surface area (Å²) in [7, 11) is -0.894. The molecule has 0 fully saturated rings. The number of nitrogens with one attached hydrogen (secondary N) is 2. The fourth-order valence-corrected chi connectivity index (χ4v) is 2.84. The van der Waals surface area contributed by atoms with Crippen LogP contribution in [0.15, 0.2) is 47.4 Å². The highest BCUT2D eigenvalue weighted by Gasteiger charge is 2.16. The van der Waals surface area contributed by atoms with E-state index in [1.807, 2.05) is 0 Å². The Morgan fingerprint density at radius 1 is 1.17 bits per heavy atom. The molecule has 0 atom stereocenters. The molecule has 0 unspecified atom stereocenters. The number of ether oxygens (including phenoxy) is 1. The van der Waals surface area contributed by atoms with Gasteiger partial charge in [0.1, 0.15) is 5.75 Å². The summed E-state index contributed by atoms with van der Waals surface area (Å²) in [5.41, 5.74) is 0.593. The predicted molar refractivity (Wildman–Crippen MR) is 88.6 cm³/mol. The van der Waals surface area contributed by atoms with Crippen LogP contribution in [0.25, 0.3) is 0 Å². The molecule has 0 aromatic heterocycles. The zero-order chi connectivity index (χ0) is 17.0. The molecule has 2 aromatic rings. The van der Waals surface area contributed by atoms with Gasteiger partial charge >= 0.3 is 0 Å². The standard InChI is InChI=1S/C15H15ClN2O4S/c1-17-23(20,21)12-6-7-14(22-2)13(9-12)18-15(19)10-4-3-5-11(16)8-10/h3-9,17H,1-2H3,(H,18,19). The van der Waals surface area contributed by atoms with Crippen molar-refractivity contribution >= 4 is 33.2 Å². The Morgan fingerprint density at radius 2 is 1.91 bits per heavy atom. The number of benzene rings is 2. The smallest absolute Gasteiger partial charge is 0.255 e. The van der Waals surface area contributed by atoms with Crippen LogP contribution in [0.4, 0.5) is 5.69 Å². The van der Waals surface area contributed by atoms with Gasteiger partial charge in [-0.05, 0) is 43.4 Å². The summed E-state index contributed by atoms with van der Waals surface area (Å²) in [4.78, 5) is 12.3. The number of carbonyl (C=O) groups excluding carboxylic acids is 1. The van der Waals surface area contributed by atoms with Crippen LogP contribution in [0.5, 0.6) is 5.75 Å². The number of amides is 1. The van der Waals surface area contributed by atoms with Crippen LogP contribution in [-0.2, 0) is 10.0 Å². The summed E-state index contributed by atoms with van der Waals surface area (Å²) in [6, 6.07) is 10.6. The highest BCUT2D eigenvalue weighted by molar-refractivity contribution is 7.89. The van der Waals surface area contributed by atoms with Crippen LogP contribution >= 0.6 is 11.6 Å². The zero-order valence-electron chi connectivity index (χ0n) is 12.5. The summed E-state index contributed by atoms with van der Waals surface area (Å²) in [6.45, 7) is 0. The van der Waals surface area contributed by atoms with Crippen molar-refractivity contribution in [1.29, 1.82) is 0 Å². The summed E-state index contributed by atoms with van der Waals surface area (Å²) in [5.74, 6) is -0.0831. The largest absolute Gasteiger partial charge is 0.495 e. The summed E-state index contributed by atoms with van der Waals surface area (Å²) < 4.78 is 31.1. The van der Waals surface area contributed by atoms with Gasteiger partial charge in [0.25, 0.3) is 5.91 Å². The highest BCUT2D eigenvalue weighted by atomic mass is 35.5. The van der Waals surface area contributed by atoms with E-state index in [9.17, 15) is 13.2 Å². The SMILES string of the molecule is CNS(=O)(=O)c1ccc(OC)c(NC(=O)c2cccc(Cl)c2)c1. The molecule has 0 saturated carbocycles. The van der Waals surface area contributed by atoms with Crippen molar-refractivity contribution in [3.63, 3.8) is 0 Å². The second-order valence-electron chi connectivity index (χ2n) is 4.53.